The standard InChI is InChI=1S/C13H10BrCl2NO/c14-9-2-4-13(12(16)5-9)18-7-8-1-3-10(17)6-11(8)15/h1-6H,7,17H2. The number of nitrogen functional groups attached to an aromatic ring is 1. The maximum absolute atomic E-state index is 6.06. The van der Waals surface area contributed by atoms with Crippen molar-refractivity contribution in [1.82, 2.24) is 0 Å². The Balaban J connectivity index is 2.11. The van der Waals surface area contributed by atoms with E-state index in [1.54, 1.807) is 24.3 Å². The lowest BCUT2D eigenvalue weighted by Crippen LogP contribution is -1.97. The first kappa shape index (κ1) is 13.5. The summed E-state index contributed by atoms with van der Waals surface area (Å²) in [6, 6.07) is 10.8. The largest absolute Gasteiger partial charge is 0.487 e. The Morgan fingerprint density at radius 3 is 2.50 bits per heavy atom. The van der Waals surface area contributed by atoms with Crippen LogP contribution in [-0.4, -0.2) is 0 Å². The van der Waals surface area contributed by atoms with E-state index in [2.05, 4.69) is 15.9 Å². The quantitative estimate of drug-likeness (QED) is 0.801. The number of nitrogens with two attached hydrogens (primary N) is 1. The molecule has 2 rings (SSSR count). The molecule has 0 bridgehead atoms. The van der Waals surface area contributed by atoms with E-state index >= 15 is 0 Å². The molecule has 0 saturated carbocycles. The van der Waals surface area contributed by atoms with E-state index in [9.17, 15) is 0 Å². The zero-order valence-corrected chi connectivity index (χ0v) is 12.4. The van der Waals surface area contributed by atoms with Crippen LogP contribution in [0.3, 0.4) is 0 Å². The van der Waals surface area contributed by atoms with Crippen molar-refractivity contribution in [3.63, 3.8) is 0 Å². The van der Waals surface area contributed by atoms with Gasteiger partial charge in [0.25, 0.3) is 0 Å². The van der Waals surface area contributed by atoms with Crippen LogP contribution < -0.4 is 10.5 Å². The summed E-state index contributed by atoms with van der Waals surface area (Å²) in [5.74, 6) is 0.618. The molecule has 2 nitrogen and oxygen atoms in total. The first-order valence-electron chi connectivity index (χ1n) is 5.18. The van der Waals surface area contributed by atoms with Gasteiger partial charge < -0.3 is 10.5 Å². The number of rotatable bonds is 3. The molecule has 0 radical (unpaired) electrons. The SMILES string of the molecule is Nc1ccc(COc2ccc(Br)cc2Cl)c(Cl)c1. The van der Waals surface area contributed by atoms with Crippen LogP contribution >= 0.6 is 39.1 Å². The summed E-state index contributed by atoms with van der Waals surface area (Å²) >= 11 is 15.4. The van der Waals surface area contributed by atoms with E-state index in [1.807, 2.05) is 12.1 Å². The molecule has 0 heterocycles. The third-order valence-corrected chi connectivity index (χ3v) is 3.49. The third kappa shape index (κ3) is 3.31. The molecule has 0 atom stereocenters. The molecule has 5 heteroatoms. The maximum atomic E-state index is 6.06. The van der Waals surface area contributed by atoms with Gasteiger partial charge in [0.05, 0.1) is 5.02 Å². The van der Waals surface area contributed by atoms with E-state index in [1.165, 1.54) is 0 Å². The topological polar surface area (TPSA) is 35.2 Å². The molecule has 2 N–H and O–H groups in total. The summed E-state index contributed by atoms with van der Waals surface area (Å²) in [5, 5.41) is 1.14. The first-order chi connectivity index (χ1) is 8.56. The van der Waals surface area contributed by atoms with Crippen LogP contribution in [0.25, 0.3) is 0 Å². The lowest BCUT2D eigenvalue weighted by molar-refractivity contribution is 0.306. The highest BCUT2D eigenvalue weighted by atomic mass is 79.9. The second kappa shape index (κ2) is 5.83. The Hall–Kier alpha value is -0.900. The summed E-state index contributed by atoms with van der Waals surface area (Å²) < 4.78 is 6.53. The molecular formula is C13H10BrCl2NO. The highest BCUT2D eigenvalue weighted by Crippen LogP contribution is 2.29. The number of hydrogen-bond acceptors (Lipinski definition) is 2. The highest BCUT2D eigenvalue weighted by molar-refractivity contribution is 9.10. The lowest BCUT2D eigenvalue weighted by Gasteiger charge is -2.10. The van der Waals surface area contributed by atoms with Gasteiger partial charge >= 0.3 is 0 Å². The van der Waals surface area contributed by atoms with Gasteiger partial charge in [-0.1, -0.05) is 45.2 Å². The van der Waals surface area contributed by atoms with Gasteiger partial charge in [-0.25, -0.2) is 0 Å². The molecule has 0 aliphatic heterocycles. The predicted octanol–water partition coefficient (Wildman–Crippen LogP) is 4.92. The number of ether oxygens (including phenoxy) is 1. The normalized spacial score (nSPS) is 10.4. The van der Waals surface area contributed by atoms with Crippen LogP contribution in [0.15, 0.2) is 40.9 Å². The number of benzene rings is 2. The van der Waals surface area contributed by atoms with Gasteiger partial charge in [-0.15, -0.1) is 0 Å². The second-order valence-corrected chi connectivity index (χ2v) is 5.44. The van der Waals surface area contributed by atoms with Crippen LogP contribution in [0.2, 0.25) is 10.0 Å². The lowest BCUT2D eigenvalue weighted by atomic mass is 10.2. The second-order valence-electron chi connectivity index (χ2n) is 3.71. The minimum atomic E-state index is 0.348. The summed E-state index contributed by atoms with van der Waals surface area (Å²) in [6.07, 6.45) is 0. The van der Waals surface area contributed by atoms with Crippen LogP contribution in [0.5, 0.6) is 5.75 Å². The van der Waals surface area contributed by atoms with Crippen molar-refractivity contribution < 1.29 is 4.74 Å². The average molecular weight is 347 g/mol. The minimum Gasteiger partial charge on any atom is -0.487 e. The molecule has 0 aromatic heterocycles. The van der Waals surface area contributed by atoms with Crippen molar-refractivity contribution in [2.75, 3.05) is 5.73 Å². The maximum Gasteiger partial charge on any atom is 0.138 e. The van der Waals surface area contributed by atoms with Crippen LogP contribution in [-0.2, 0) is 6.61 Å². The Bertz CT molecular complexity index is 523. The summed E-state index contributed by atoms with van der Waals surface area (Å²) in [7, 11) is 0. The van der Waals surface area contributed by atoms with Gasteiger partial charge in [0.15, 0.2) is 0 Å². The van der Waals surface area contributed by atoms with Crippen molar-refractivity contribution in [2.24, 2.45) is 0 Å². The molecule has 0 aliphatic rings. The van der Waals surface area contributed by atoms with E-state index in [0.717, 1.165) is 10.0 Å². The summed E-state index contributed by atoms with van der Waals surface area (Å²) in [4.78, 5) is 0. The summed E-state index contributed by atoms with van der Waals surface area (Å²) in [6.45, 7) is 0.348. The molecule has 0 aliphatic carbocycles. The van der Waals surface area contributed by atoms with Gasteiger partial charge in [0.2, 0.25) is 0 Å². The van der Waals surface area contributed by atoms with Gasteiger partial charge in [0, 0.05) is 20.7 Å². The van der Waals surface area contributed by atoms with Gasteiger partial charge in [0.1, 0.15) is 12.4 Å². The molecule has 94 valence electrons. The number of halogens is 3. The molecule has 18 heavy (non-hydrogen) atoms. The number of anilines is 1. The molecular weight excluding hydrogens is 337 g/mol. The van der Waals surface area contributed by atoms with Crippen molar-refractivity contribution >= 4 is 44.8 Å². The average Bonchev–Trinajstić information content (AvgIpc) is 2.30. The van der Waals surface area contributed by atoms with E-state index in [-0.39, 0.29) is 0 Å². The van der Waals surface area contributed by atoms with Crippen LogP contribution in [0, 0.1) is 0 Å². The monoisotopic (exact) mass is 345 g/mol. The Morgan fingerprint density at radius 2 is 1.83 bits per heavy atom. The zero-order chi connectivity index (χ0) is 13.1. The number of hydrogen-bond donors (Lipinski definition) is 1. The van der Waals surface area contributed by atoms with Crippen LogP contribution in [0.4, 0.5) is 5.69 Å². The molecule has 2 aromatic carbocycles. The molecule has 0 saturated heterocycles. The van der Waals surface area contributed by atoms with Gasteiger partial charge in [-0.2, -0.15) is 0 Å². The predicted molar refractivity (Wildman–Crippen MR) is 79.3 cm³/mol. The minimum absolute atomic E-state index is 0.348. The Morgan fingerprint density at radius 1 is 1.06 bits per heavy atom. The summed E-state index contributed by atoms with van der Waals surface area (Å²) in [5.41, 5.74) is 7.12. The van der Waals surface area contributed by atoms with Crippen molar-refractivity contribution in [3.05, 3.63) is 56.5 Å². The van der Waals surface area contributed by atoms with Crippen molar-refractivity contribution in [2.45, 2.75) is 6.61 Å². The molecule has 2 aromatic rings. The molecule has 0 unspecified atom stereocenters. The van der Waals surface area contributed by atoms with Crippen molar-refractivity contribution in [1.29, 1.82) is 0 Å². The van der Waals surface area contributed by atoms with Crippen LogP contribution in [0.1, 0.15) is 5.56 Å². The van der Waals surface area contributed by atoms with E-state index < -0.39 is 0 Å². The van der Waals surface area contributed by atoms with Gasteiger partial charge in [-0.05, 0) is 30.3 Å². The van der Waals surface area contributed by atoms with Gasteiger partial charge in [-0.3, -0.25) is 0 Å². The third-order valence-electron chi connectivity index (χ3n) is 2.35. The Labute approximate surface area is 124 Å². The fourth-order valence-electron chi connectivity index (χ4n) is 1.43. The van der Waals surface area contributed by atoms with E-state index in [0.29, 0.717) is 28.1 Å². The van der Waals surface area contributed by atoms with Crippen molar-refractivity contribution in [3.8, 4) is 5.75 Å². The zero-order valence-electron chi connectivity index (χ0n) is 9.29. The Kier molecular flexibility index (Phi) is 4.38. The van der Waals surface area contributed by atoms with E-state index in [4.69, 9.17) is 33.7 Å². The molecule has 0 spiro atoms. The molecule has 0 amide bonds. The smallest absolute Gasteiger partial charge is 0.138 e. The fraction of sp³-hybridized carbons (Fsp3) is 0.0769. The fourth-order valence-corrected chi connectivity index (χ4v) is 2.40. The molecule has 0 fully saturated rings. The first-order valence-corrected chi connectivity index (χ1v) is 6.73. The highest BCUT2D eigenvalue weighted by Gasteiger charge is 2.05.